The summed E-state index contributed by atoms with van der Waals surface area (Å²) in [5, 5.41) is 15.1. The lowest BCUT2D eigenvalue weighted by Gasteiger charge is -2.15. The van der Waals surface area contributed by atoms with E-state index in [1.54, 1.807) is 17.0 Å². The summed E-state index contributed by atoms with van der Waals surface area (Å²) < 4.78 is 43.4. The van der Waals surface area contributed by atoms with Gasteiger partial charge in [0.2, 0.25) is 0 Å². The number of fused-ring (bicyclic) bond motifs is 1. The van der Waals surface area contributed by atoms with Gasteiger partial charge in [0.25, 0.3) is 0 Å². The third-order valence-corrected chi connectivity index (χ3v) is 8.31. The van der Waals surface area contributed by atoms with Gasteiger partial charge in [0.1, 0.15) is 18.1 Å². The number of nitrogens with zero attached hydrogens (tertiary/aromatic N) is 3. The summed E-state index contributed by atoms with van der Waals surface area (Å²) in [5.74, 6) is -2.33. The number of pyridine rings is 1. The SMILES string of the molecule is CSC(=NCC(C)CNC(=O)O)Nc1cc(F)c(Oc2ccnc3c2c(Cl)cn3COCC[Si](C)(C)C)c(F)c1. The van der Waals surface area contributed by atoms with Crippen LogP contribution in [-0.4, -0.2) is 59.9 Å². The number of carboxylic acid groups (broad SMARTS) is 1. The van der Waals surface area contributed by atoms with Crippen LogP contribution in [0.3, 0.4) is 0 Å². The van der Waals surface area contributed by atoms with Crippen LogP contribution in [0.4, 0.5) is 19.3 Å². The third kappa shape index (κ3) is 9.08. The van der Waals surface area contributed by atoms with Crippen molar-refractivity contribution in [2.45, 2.75) is 39.3 Å². The molecule has 1 unspecified atom stereocenters. The number of thioether (sulfide) groups is 1. The fourth-order valence-electron chi connectivity index (χ4n) is 3.55. The number of nitrogens with one attached hydrogen (secondary N) is 2. The Bertz CT molecular complexity index is 1350. The fourth-order valence-corrected chi connectivity index (χ4v) is 5.02. The average Bonchev–Trinajstić information content (AvgIpc) is 3.20. The number of rotatable bonds is 12. The molecule has 0 radical (unpaired) electrons. The number of carbonyl (C=O) groups is 1. The topological polar surface area (TPSA) is 110 Å². The first kappa shape index (κ1) is 31.7. The Morgan fingerprint density at radius 2 is 2.00 bits per heavy atom. The number of anilines is 1. The van der Waals surface area contributed by atoms with Crippen LogP contribution in [0.1, 0.15) is 6.92 Å². The van der Waals surface area contributed by atoms with Gasteiger partial charge in [0.15, 0.2) is 22.6 Å². The van der Waals surface area contributed by atoms with E-state index in [1.165, 1.54) is 24.0 Å². The van der Waals surface area contributed by atoms with E-state index in [-0.39, 0.29) is 30.6 Å². The second-order valence-corrected chi connectivity index (χ2v) is 17.3. The van der Waals surface area contributed by atoms with E-state index < -0.39 is 31.6 Å². The minimum atomic E-state index is -1.24. The van der Waals surface area contributed by atoms with E-state index >= 15 is 8.78 Å². The zero-order valence-electron chi connectivity index (χ0n) is 23.1. The third-order valence-electron chi connectivity index (χ3n) is 5.70. The molecule has 3 rings (SSSR count). The number of halogens is 3. The Morgan fingerprint density at radius 1 is 1.30 bits per heavy atom. The van der Waals surface area contributed by atoms with Crippen molar-refractivity contribution in [1.29, 1.82) is 0 Å². The highest BCUT2D eigenvalue weighted by Crippen LogP contribution is 2.37. The number of hydrogen-bond acceptors (Lipinski definition) is 6. The summed E-state index contributed by atoms with van der Waals surface area (Å²) in [5.41, 5.74) is 0.620. The first-order chi connectivity index (χ1) is 18.9. The Balaban J connectivity index is 1.75. The standard InChI is InChI=1S/C26H34ClF2N5O4SSi/c1-16(13-32-26(35)36)12-31-25(39-2)33-17-10-19(28)23(20(29)11-17)38-21-6-7-30-24-22(21)18(27)14-34(24)15-37-8-9-40(3,4)5/h6-7,10-11,14,16,32H,8-9,12-13,15H2,1-5H3,(H,31,33)(H,35,36). The van der Waals surface area contributed by atoms with Gasteiger partial charge >= 0.3 is 6.09 Å². The van der Waals surface area contributed by atoms with Gasteiger partial charge in [-0.15, -0.1) is 0 Å². The van der Waals surface area contributed by atoms with Gasteiger partial charge in [-0.3, -0.25) is 4.99 Å². The predicted octanol–water partition coefficient (Wildman–Crippen LogP) is 7.11. The second-order valence-electron chi connectivity index (χ2n) is 10.4. The molecule has 0 aliphatic heterocycles. The van der Waals surface area contributed by atoms with Crippen LogP contribution in [0.2, 0.25) is 30.7 Å². The molecular weight excluding hydrogens is 580 g/mol. The molecule has 2 heterocycles. The van der Waals surface area contributed by atoms with E-state index in [2.05, 4.69) is 40.3 Å². The molecule has 0 saturated carbocycles. The molecule has 0 bridgehead atoms. The van der Waals surface area contributed by atoms with Gasteiger partial charge in [-0.25, -0.2) is 18.6 Å². The summed E-state index contributed by atoms with van der Waals surface area (Å²) in [6.45, 7) is 10.0. The molecule has 40 heavy (non-hydrogen) atoms. The lowest BCUT2D eigenvalue weighted by atomic mass is 10.2. The van der Waals surface area contributed by atoms with Crippen molar-refractivity contribution in [3.63, 3.8) is 0 Å². The smallest absolute Gasteiger partial charge is 0.404 e. The van der Waals surface area contributed by atoms with E-state index in [4.69, 9.17) is 26.2 Å². The van der Waals surface area contributed by atoms with E-state index in [9.17, 15) is 4.79 Å². The molecule has 0 fully saturated rings. The quantitative estimate of drug-likeness (QED) is 0.0864. The minimum absolute atomic E-state index is 0.0695. The highest BCUT2D eigenvalue weighted by Gasteiger charge is 2.20. The maximum absolute atomic E-state index is 15.1. The van der Waals surface area contributed by atoms with E-state index in [1.807, 2.05) is 6.92 Å². The van der Waals surface area contributed by atoms with Gasteiger partial charge in [0.05, 0.1) is 10.4 Å². The maximum atomic E-state index is 15.1. The van der Waals surface area contributed by atoms with Gasteiger partial charge in [-0.05, 0) is 24.3 Å². The number of aromatic nitrogens is 2. The lowest BCUT2D eigenvalue weighted by Crippen LogP contribution is -2.27. The van der Waals surface area contributed by atoms with Crippen LogP contribution in [0.5, 0.6) is 11.5 Å². The van der Waals surface area contributed by atoms with Gasteiger partial charge in [0, 0.05) is 58.0 Å². The molecule has 14 heteroatoms. The summed E-state index contributed by atoms with van der Waals surface area (Å²) >= 11 is 7.72. The van der Waals surface area contributed by atoms with Crippen LogP contribution in [0.25, 0.3) is 11.0 Å². The Morgan fingerprint density at radius 3 is 2.62 bits per heavy atom. The van der Waals surface area contributed by atoms with Crippen molar-refractivity contribution >= 4 is 59.4 Å². The van der Waals surface area contributed by atoms with Crippen molar-refractivity contribution in [3.05, 3.63) is 47.2 Å². The summed E-state index contributed by atoms with van der Waals surface area (Å²) in [6, 6.07) is 4.72. The van der Waals surface area contributed by atoms with Crippen molar-refractivity contribution in [3.8, 4) is 11.5 Å². The summed E-state index contributed by atoms with van der Waals surface area (Å²) in [4.78, 5) is 19.4. The number of hydrogen-bond donors (Lipinski definition) is 3. The predicted molar refractivity (Wildman–Crippen MR) is 160 cm³/mol. The molecule has 0 aliphatic carbocycles. The molecule has 3 N–H and O–H groups in total. The number of amidine groups is 1. The molecule has 1 atom stereocenters. The molecule has 0 saturated heterocycles. The van der Waals surface area contributed by atoms with E-state index in [0.717, 1.165) is 18.2 Å². The number of ether oxygens (including phenoxy) is 2. The van der Waals surface area contributed by atoms with Crippen LogP contribution in [0, 0.1) is 17.6 Å². The fraction of sp³-hybridized carbons (Fsp3) is 0.423. The van der Waals surface area contributed by atoms with Crippen LogP contribution >= 0.6 is 23.4 Å². The van der Waals surface area contributed by atoms with Gasteiger partial charge < -0.3 is 29.8 Å². The molecular formula is C26H34ClF2N5O4SSi. The first-order valence-corrected chi connectivity index (χ1v) is 17.9. The van der Waals surface area contributed by atoms with Crippen LogP contribution < -0.4 is 15.4 Å². The Kier molecular flexibility index (Phi) is 11.2. The monoisotopic (exact) mass is 613 g/mol. The van der Waals surface area contributed by atoms with Crippen molar-refractivity contribution < 1.29 is 28.2 Å². The molecule has 2 aromatic heterocycles. The number of benzene rings is 1. The van der Waals surface area contributed by atoms with E-state index in [0.29, 0.717) is 34.4 Å². The first-order valence-electron chi connectivity index (χ1n) is 12.6. The highest BCUT2D eigenvalue weighted by molar-refractivity contribution is 8.13. The number of amides is 1. The van der Waals surface area contributed by atoms with Crippen LogP contribution in [-0.2, 0) is 11.5 Å². The van der Waals surface area contributed by atoms with Crippen molar-refractivity contribution in [2.24, 2.45) is 10.9 Å². The molecule has 3 aromatic rings. The largest absolute Gasteiger partial charge is 0.465 e. The molecule has 9 nitrogen and oxygen atoms in total. The second kappa shape index (κ2) is 14.2. The number of aliphatic imine (C=N–C) groups is 1. The molecule has 1 amide bonds. The summed E-state index contributed by atoms with van der Waals surface area (Å²) in [6.07, 6.45) is 3.79. The zero-order valence-corrected chi connectivity index (χ0v) is 25.6. The molecule has 1 aromatic carbocycles. The van der Waals surface area contributed by atoms with Gasteiger partial charge in [-0.1, -0.05) is 49.9 Å². The molecule has 0 aliphatic rings. The Hall–Kier alpha value is -2.87. The molecule has 0 spiro atoms. The highest BCUT2D eigenvalue weighted by atomic mass is 35.5. The van der Waals surface area contributed by atoms with Crippen LogP contribution in [0.15, 0.2) is 35.6 Å². The van der Waals surface area contributed by atoms with Gasteiger partial charge in [-0.2, -0.15) is 0 Å². The Labute approximate surface area is 242 Å². The zero-order chi connectivity index (χ0) is 29.4. The normalized spacial score (nSPS) is 12.9. The van der Waals surface area contributed by atoms with Crippen molar-refractivity contribution in [1.82, 2.24) is 14.9 Å². The molecule has 218 valence electrons. The minimum Gasteiger partial charge on any atom is -0.465 e. The summed E-state index contributed by atoms with van der Waals surface area (Å²) in [7, 11) is -1.24. The average molecular weight is 614 g/mol. The van der Waals surface area contributed by atoms with Crippen molar-refractivity contribution in [2.75, 3.05) is 31.3 Å². The lowest BCUT2D eigenvalue weighted by molar-refractivity contribution is 0.0899. The maximum Gasteiger partial charge on any atom is 0.404 e.